The maximum atomic E-state index is 5.05. The van der Waals surface area contributed by atoms with Crippen LogP contribution in [0.2, 0.25) is 0 Å². The van der Waals surface area contributed by atoms with Crippen molar-refractivity contribution in [2.45, 2.75) is 26.7 Å². The van der Waals surface area contributed by atoms with Crippen LogP contribution in [0.3, 0.4) is 0 Å². The van der Waals surface area contributed by atoms with Gasteiger partial charge >= 0.3 is 0 Å². The van der Waals surface area contributed by atoms with E-state index in [4.69, 9.17) is 4.74 Å². The standard InChI is InChI=1S/C8H14O/c1-3-5-7-9-8-6-4-2/h3,7H,4,6,8H2,1-2H3. The van der Waals surface area contributed by atoms with E-state index >= 15 is 0 Å². The minimum Gasteiger partial charge on any atom is -0.493 e. The van der Waals surface area contributed by atoms with E-state index < -0.39 is 0 Å². The summed E-state index contributed by atoms with van der Waals surface area (Å²) in [4.78, 5) is 0. The molecule has 0 saturated carbocycles. The van der Waals surface area contributed by atoms with Crippen molar-refractivity contribution in [1.82, 2.24) is 0 Å². The molecule has 1 heteroatoms. The van der Waals surface area contributed by atoms with Crippen molar-refractivity contribution in [1.29, 1.82) is 0 Å². The first-order valence-corrected chi connectivity index (χ1v) is 3.39. The van der Waals surface area contributed by atoms with Crippen molar-refractivity contribution < 1.29 is 4.74 Å². The number of hydrogen-bond acceptors (Lipinski definition) is 1. The predicted molar refractivity (Wildman–Crippen MR) is 39.2 cm³/mol. The molecule has 0 aromatic heterocycles. The molecule has 0 rings (SSSR count). The van der Waals surface area contributed by atoms with Crippen LogP contribution >= 0.6 is 0 Å². The summed E-state index contributed by atoms with van der Waals surface area (Å²) < 4.78 is 5.05. The molecular formula is C8H14O. The van der Waals surface area contributed by atoms with E-state index in [1.165, 1.54) is 6.42 Å². The van der Waals surface area contributed by atoms with E-state index in [1.54, 1.807) is 6.26 Å². The Kier molecular flexibility index (Phi) is 6.77. The van der Waals surface area contributed by atoms with E-state index in [0.717, 1.165) is 13.0 Å². The number of rotatable bonds is 4. The first-order chi connectivity index (χ1) is 4.41. The Morgan fingerprint density at radius 3 is 2.89 bits per heavy atom. The van der Waals surface area contributed by atoms with Gasteiger partial charge in [-0.2, -0.15) is 0 Å². The molecule has 0 atom stereocenters. The Balaban J connectivity index is 3.00. The smallest absolute Gasteiger partial charge is 0.125 e. The van der Waals surface area contributed by atoms with Crippen molar-refractivity contribution in [3.8, 4) is 0 Å². The normalized spacial score (nSPS) is 7.78. The second kappa shape index (κ2) is 7.32. The minimum atomic E-state index is 0.817. The average Bonchev–Trinajstić information content (AvgIpc) is 1.89. The molecule has 1 nitrogen and oxygen atoms in total. The van der Waals surface area contributed by atoms with Gasteiger partial charge < -0.3 is 4.74 Å². The van der Waals surface area contributed by atoms with Crippen molar-refractivity contribution in [3.05, 3.63) is 18.1 Å². The van der Waals surface area contributed by atoms with Gasteiger partial charge in [-0.25, -0.2) is 0 Å². The number of unbranched alkanes of at least 4 members (excludes halogenated alkanes) is 1. The second-order valence-electron chi connectivity index (χ2n) is 1.80. The highest BCUT2D eigenvalue weighted by Gasteiger charge is 1.77. The highest BCUT2D eigenvalue weighted by atomic mass is 16.5. The second-order valence-corrected chi connectivity index (χ2v) is 1.80. The zero-order valence-corrected chi connectivity index (χ0v) is 6.18. The third kappa shape index (κ3) is 7.32. The van der Waals surface area contributed by atoms with Crippen LogP contribution in [-0.4, -0.2) is 6.61 Å². The molecule has 0 aromatic carbocycles. The Morgan fingerprint density at radius 2 is 2.33 bits per heavy atom. The summed E-state index contributed by atoms with van der Waals surface area (Å²) >= 11 is 0. The molecule has 0 unspecified atom stereocenters. The van der Waals surface area contributed by atoms with Crippen LogP contribution in [0.1, 0.15) is 26.7 Å². The first-order valence-electron chi connectivity index (χ1n) is 3.39. The van der Waals surface area contributed by atoms with Crippen LogP contribution in [0, 0.1) is 0 Å². The summed E-state index contributed by atoms with van der Waals surface area (Å²) in [7, 11) is 0. The van der Waals surface area contributed by atoms with Crippen molar-refractivity contribution in [2.24, 2.45) is 0 Å². The van der Waals surface area contributed by atoms with Gasteiger partial charge in [0.25, 0.3) is 0 Å². The van der Waals surface area contributed by atoms with E-state index in [9.17, 15) is 0 Å². The Morgan fingerprint density at radius 1 is 1.56 bits per heavy atom. The van der Waals surface area contributed by atoms with Crippen molar-refractivity contribution in [2.75, 3.05) is 6.61 Å². The Bertz CT molecular complexity index is 99.1. The highest BCUT2D eigenvalue weighted by Crippen LogP contribution is 1.86. The zero-order chi connectivity index (χ0) is 6.95. The molecule has 0 N–H and O–H groups in total. The summed E-state index contributed by atoms with van der Waals surface area (Å²) in [6.45, 7) is 4.87. The van der Waals surface area contributed by atoms with Gasteiger partial charge in [0.05, 0.1) is 6.61 Å². The van der Waals surface area contributed by atoms with E-state index in [2.05, 4.69) is 12.7 Å². The third-order valence-electron chi connectivity index (χ3n) is 0.934. The maximum absolute atomic E-state index is 5.05. The molecule has 0 aromatic rings. The SMILES string of the molecule is CC=C=COCCCC. The van der Waals surface area contributed by atoms with Gasteiger partial charge in [-0.3, -0.25) is 0 Å². The monoisotopic (exact) mass is 126 g/mol. The van der Waals surface area contributed by atoms with Gasteiger partial charge in [0, 0.05) is 0 Å². The van der Waals surface area contributed by atoms with Gasteiger partial charge in [-0.15, -0.1) is 0 Å². The topological polar surface area (TPSA) is 9.23 Å². The lowest BCUT2D eigenvalue weighted by atomic mass is 10.4. The fourth-order valence-corrected chi connectivity index (χ4v) is 0.403. The van der Waals surface area contributed by atoms with Crippen LogP contribution in [0.15, 0.2) is 18.1 Å². The van der Waals surface area contributed by atoms with Crippen LogP contribution in [0.4, 0.5) is 0 Å². The summed E-state index contributed by atoms with van der Waals surface area (Å²) in [5, 5.41) is 0. The largest absolute Gasteiger partial charge is 0.493 e. The molecule has 52 valence electrons. The molecule has 0 fully saturated rings. The van der Waals surface area contributed by atoms with Gasteiger partial charge in [-0.1, -0.05) is 19.1 Å². The summed E-state index contributed by atoms with van der Waals surface area (Å²) in [6.07, 6.45) is 5.74. The molecule has 0 spiro atoms. The molecule has 0 amide bonds. The van der Waals surface area contributed by atoms with Crippen molar-refractivity contribution in [3.63, 3.8) is 0 Å². The van der Waals surface area contributed by atoms with Crippen LogP contribution in [0.25, 0.3) is 0 Å². The maximum Gasteiger partial charge on any atom is 0.125 e. The molecular weight excluding hydrogens is 112 g/mol. The number of ether oxygens (including phenoxy) is 1. The molecule has 0 radical (unpaired) electrons. The van der Waals surface area contributed by atoms with Gasteiger partial charge in [0.15, 0.2) is 0 Å². The molecule has 0 bridgehead atoms. The zero-order valence-electron chi connectivity index (χ0n) is 6.18. The predicted octanol–water partition coefficient (Wildman–Crippen LogP) is 2.49. The first kappa shape index (κ1) is 8.32. The fraction of sp³-hybridized carbons (Fsp3) is 0.625. The van der Waals surface area contributed by atoms with Gasteiger partial charge in [0.1, 0.15) is 6.26 Å². The van der Waals surface area contributed by atoms with E-state index in [1.807, 2.05) is 13.0 Å². The van der Waals surface area contributed by atoms with E-state index in [0.29, 0.717) is 0 Å². The Labute approximate surface area is 57.0 Å². The minimum absolute atomic E-state index is 0.817. The van der Waals surface area contributed by atoms with Crippen LogP contribution in [0.5, 0.6) is 0 Å². The fourth-order valence-electron chi connectivity index (χ4n) is 0.403. The summed E-state index contributed by atoms with van der Waals surface area (Å²) in [5.41, 5.74) is 2.83. The quantitative estimate of drug-likeness (QED) is 0.319. The molecule has 0 aliphatic rings. The lowest BCUT2D eigenvalue weighted by molar-refractivity contribution is 0.244. The lowest BCUT2D eigenvalue weighted by Crippen LogP contribution is -1.83. The molecule has 0 aliphatic carbocycles. The lowest BCUT2D eigenvalue weighted by Gasteiger charge is -1.93. The third-order valence-corrected chi connectivity index (χ3v) is 0.934. The van der Waals surface area contributed by atoms with Crippen molar-refractivity contribution >= 4 is 0 Å². The average molecular weight is 126 g/mol. The number of allylic oxidation sites excluding steroid dienone is 1. The molecule has 0 heterocycles. The van der Waals surface area contributed by atoms with Crippen LogP contribution < -0.4 is 0 Å². The molecule has 0 aliphatic heterocycles. The summed E-state index contributed by atoms with van der Waals surface area (Å²) in [5.74, 6) is 0. The van der Waals surface area contributed by atoms with Crippen LogP contribution in [-0.2, 0) is 4.74 Å². The summed E-state index contributed by atoms with van der Waals surface area (Å²) in [6, 6.07) is 0. The molecule has 0 saturated heterocycles. The van der Waals surface area contributed by atoms with E-state index in [-0.39, 0.29) is 0 Å². The highest BCUT2D eigenvalue weighted by molar-refractivity contribution is 4.73. The number of hydrogen-bond donors (Lipinski definition) is 0. The Hall–Kier alpha value is -0.680. The van der Waals surface area contributed by atoms with Gasteiger partial charge in [0.2, 0.25) is 0 Å². The van der Waals surface area contributed by atoms with Gasteiger partial charge in [-0.05, 0) is 19.4 Å². The molecule has 9 heavy (non-hydrogen) atoms.